The molecule has 1 fully saturated rings. The lowest BCUT2D eigenvalue weighted by molar-refractivity contribution is -0.138. The van der Waals surface area contributed by atoms with Crippen molar-refractivity contribution >= 4 is 33.4 Å². The number of carbonyl (C=O) groups excluding carboxylic acids is 1. The highest BCUT2D eigenvalue weighted by Gasteiger charge is 2.32. The van der Waals surface area contributed by atoms with Crippen molar-refractivity contribution in [2.75, 3.05) is 20.3 Å². The van der Waals surface area contributed by atoms with Gasteiger partial charge in [0.2, 0.25) is 5.91 Å². The van der Waals surface area contributed by atoms with E-state index in [2.05, 4.69) is 15.5 Å². The predicted octanol–water partition coefficient (Wildman–Crippen LogP) is 1.95. The van der Waals surface area contributed by atoms with Crippen molar-refractivity contribution in [3.8, 4) is 10.8 Å². The maximum atomic E-state index is 14.4. The first-order valence-electron chi connectivity index (χ1n) is 12.8. The zero-order valence-electron chi connectivity index (χ0n) is 22.2. The van der Waals surface area contributed by atoms with E-state index in [0.717, 1.165) is 15.9 Å². The van der Waals surface area contributed by atoms with Crippen LogP contribution in [0.2, 0.25) is 0 Å². The van der Waals surface area contributed by atoms with Crippen LogP contribution in [0.15, 0.2) is 40.2 Å². The molecule has 1 aliphatic heterocycles. The van der Waals surface area contributed by atoms with Crippen LogP contribution >= 0.6 is 11.3 Å². The van der Waals surface area contributed by atoms with Crippen LogP contribution in [-0.4, -0.2) is 61.4 Å². The standard InChI is InChI=1S/C26H27FN6O7S/c1-14-21-23(37)32(17-4-3-8-28-22(17)36)26(38)31(25(21)41-24(14)33-29-9-10-30-33)13-19(40-11-7-20(34)35)16-12-15(27)5-6-18(16)39-2/h5-6,9-10,12,17,19H,3-4,7-8,11,13H2,1-2H3,(H,28,36)(H,34,35)/t17-,19-/m0/s1. The van der Waals surface area contributed by atoms with Crippen LogP contribution in [0.25, 0.3) is 15.2 Å². The van der Waals surface area contributed by atoms with Crippen LogP contribution in [0.1, 0.15) is 42.5 Å². The Bertz CT molecular complexity index is 1730. The summed E-state index contributed by atoms with van der Waals surface area (Å²) in [6, 6.07) is 2.77. The van der Waals surface area contributed by atoms with Crippen molar-refractivity contribution in [2.24, 2.45) is 0 Å². The van der Waals surface area contributed by atoms with Gasteiger partial charge in [0.1, 0.15) is 33.5 Å². The number of ether oxygens (including phenoxy) is 2. The van der Waals surface area contributed by atoms with E-state index in [1.54, 1.807) is 6.92 Å². The van der Waals surface area contributed by atoms with Gasteiger partial charge in [-0.3, -0.25) is 19.0 Å². The van der Waals surface area contributed by atoms with Crippen LogP contribution in [0, 0.1) is 12.7 Å². The van der Waals surface area contributed by atoms with E-state index in [1.807, 2.05) is 0 Å². The number of aryl methyl sites for hydroxylation is 1. The molecule has 0 radical (unpaired) electrons. The van der Waals surface area contributed by atoms with Crippen molar-refractivity contribution < 1.29 is 28.6 Å². The monoisotopic (exact) mass is 586 g/mol. The summed E-state index contributed by atoms with van der Waals surface area (Å²) in [5, 5.41) is 20.9. The van der Waals surface area contributed by atoms with Crippen molar-refractivity contribution in [1.82, 2.24) is 29.4 Å². The molecule has 13 nitrogen and oxygen atoms in total. The van der Waals surface area contributed by atoms with Gasteiger partial charge in [-0.15, -0.1) is 4.80 Å². The topological polar surface area (TPSA) is 160 Å². The Hall–Kier alpha value is -4.37. The minimum atomic E-state index is -1.10. The van der Waals surface area contributed by atoms with Gasteiger partial charge in [-0.05, 0) is 38.0 Å². The molecular formula is C26H27FN6O7S. The average molecular weight is 587 g/mol. The van der Waals surface area contributed by atoms with Crippen LogP contribution in [0.5, 0.6) is 5.75 Å². The highest BCUT2D eigenvalue weighted by atomic mass is 32.1. The highest BCUT2D eigenvalue weighted by Crippen LogP contribution is 2.34. The second kappa shape index (κ2) is 11.6. The lowest BCUT2D eigenvalue weighted by Crippen LogP contribution is -2.49. The molecule has 0 unspecified atom stereocenters. The fourth-order valence-corrected chi connectivity index (χ4v) is 6.17. The summed E-state index contributed by atoms with van der Waals surface area (Å²) >= 11 is 1.10. The average Bonchev–Trinajstić information content (AvgIpc) is 3.59. The summed E-state index contributed by atoms with van der Waals surface area (Å²) in [6.45, 7) is 1.66. The summed E-state index contributed by atoms with van der Waals surface area (Å²) in [7, 11) is 1.39. The quantitative estimate of drug-likeness (QED) is 0.283. The zero-order chi connectivity index (χ0) is 29.3. The number of carboxylic acid groups (broad SMARTS) is 1. The van der Waals surface area contributed by atoms with Gasteiger partial charge in [0.25, 0.3) is 5.56 Å². The lowest BCUT2D eigenvalue weighted by Gasteiger charge is -2.26. The molecule has 4 heterocycles. The Morgan fingerprint density at radius 2 is 2.02 bits per heavy atom. The van der Waals surface area contributed by atoms with Gasteiger partial charge < -0.3 is 19.9 Å². The number of hydrogen-bond donors (Lipinski definition) is 2. The van der Waals surface area contributed by atoms with Gasteiger partial charge >= 0.3 is 11.7 Å². The number of carboxylic acids is 1. The van der Waals surface area contributed by atoms with E-state index >= 15 is 0 Å². The van der Waals surface area contributed by atoms with E-state index < -0.39 is 41.1 Å². The first-order chi connectivity index (χ1) is 19.7. The van der Waals surface area contributed by atoms with E-state index in [9.17, 15) is 23.6 Å². The number of nitrogens with zero attached hydrogens (tertiary/aromatic N) is 5. The molecule has 15 heteroatoms. The number of methoxy groups -OCH3 is 1. The van der Waals surface area contributed by atoms with E-state index in [4.69, 9.17) is 14.6 Å². The normalized spacial score (nSPS) is 16.1. The number of aliphatic carboxylic acids is 1. The third-order valence-electron chi connectivity index (χ3n) is 6.91. The number of rotatable bonds is 10. The highest BCUT2D eigenvalue weighted by molar-refractivity contribution is 7.21. The van der Waals surface area contributed by atoms with Crippen molar-refractivity contribution in [2.45, 2.75) is 44.9 Å². The van der Waals surface area contributed by atoms with Crippen molar-refractivity contribution in [1.29, 1.82) is 0 Å². The number of aromatic nitrogens is 5. The van der Waals surface area contributed by atoms with E-state index in [0.29, 0.717) is 30.0 Å². The van der Waals surface area contributed by atoms with Crippen molar-refractivity contribution in [3.63, 3.8) is 0 Å². The maximum Gasteiger partial charge on any atom is 0.332 e. The van der Waals surface area contributed by atoms with Crippen LogP contribution in [0.3, 0.4) is 0 Å². The molecule has 2 N–H and O–H groups in total. The molecule has 1 aromatic carbocycles. The SMILES string of the molecule is COc1ccc(F)cc1[C@H](Cn1c(=O)n([C@H]2CCCNC2=O)c(=O)c2c(C)c(-n3nccn3)sc21)OCCC(=O)O. The molecule has 5 rings (SSSR count). The number of carbonyl (C=O) groups is 2. The van der Waals surface area contributed by atoms with Crippen LogP contribution < -0.4 is 21.3 Å². The Morgan fingerprint density at radius 1 is 1.27 bits per heavy atom. The zero-order valence-corrected chi connectivity index (χ0v) is 23.0. The molecule has 0 aliphatic carbocycles. The molecule has 0 spiro atoms. The van der Waals surface area contributed by atoms with Gasteiger partial charge in [0.15, 0.2) is 0 Å². The lowest BCUT2D eigenvalue weighted by atomic mass is 10.1. The summed E-state index contributed by atoms with van der Waals surface area (Å²) in [4.78, 5) is 53.6. The fourth-order valence-electron chi connectivity index (χ4n) is 4.95. The number of hydrogen-bond acceptors (Lipinski definition) is 9. The third kappa shape index (κ3) is 5.37. The number of fused-ring (bicyclic) bond motifs is 1. The first kappa shape index (κ1) is 28.2. The molecule has 216 valence electrons. The van der Waals surface area contributed by atoms with E-state index in [1.165, 1.54) is 47.1 Å². The molecule has 4 aromatic rings. The molecule has 2 atom stereocenters. The van der Waals surface area contributed by atoms with Crippen molar-refractivity contribution in [3.05, 3.63) is 68.4 Å². The van der Waals surface area contributed by atoms with Gasteiger partial charge in [0, 0.05) is 17.7 Å². The fraction of sp³-hybridized carbons (Fsp3) is 0.385. The third-order valence-corrected chi connectivity index (χ3v) is 8.19. The number of thiophene rings is 1. The molecule has 1 saturated heterocycles. The van der Waals surface area contributed by atoms with Gasteiger partial charge in [-0.2, -0.15) is 10.2 Å². The molecular weight excluding hydrogens is 559 g/mol. The van der Waals surface area contributed by atoms with Gasteiger partial charge in [-0.25, -0.2) is 13.8 Å². The molecule has 3 aromatic heterocycles. The number of amides is 1. The summed E-state index contributed by atoms with van der Waals surface area (Å²) in [5.41, 5.74) is -0.625. The minimum Gasteiger partial charge on any atom is -0.496 e. The summed E-state index contributed by atoms with van der Waals surface area (Å²) in [5.74, 6) is -1.87. The largest absolute Gasteiger partial charge is 0.496 e. The second-order valence-corrected chi connectivity index (χ2v) is 10.4. The van der Waals surface area contributed by atoms with Crippen LogP contribution in [0.4, 0.5) is 4.39 Å². The number of nitrogens with one attached hydrogen (secondary N) is 1. The molecule has 0 saturated carbocycles. The van der Waals surface area contributed by atoms with E-state index in [-0.39, 0.29) is 41.1 Å². The van der Waals surface area contributed by atoms with Crippen LogP contribution in [-0.2, 0) is 20.9 Å². The first-order valence-corrected chi connectivity index (χ1v) is 13.6. The minimum absolute atomic E-state index is 0.204. The smallest absolute Gasteiger partial charge is 0.332 e. The van der Waals surface area contributed by atoms with Gasteiger partial charge in [-0.1, -0.05) is 11.3 Å². The molecule has 1 amide bonds. The Kier molecular flexibility index (Phi) is 7.99. The molecule has 0 bridgehead atoms. The van der Waals surface area contributed by atoms with Gasteiger partial charge in [0.05, 0.1) is 44.5 Å². The number of halogens is 1. The Balaban J connectivity index is 1.74. The summed E-state index contributed by atoms with van der Waals surface area (Å²) < 4.78 is 28.0. The predicted molar refractivity (Wildman–Crippen MR) is 145 cm³/mol. The second-order valence-electron chi connectivity index (χ2n) is 9.44. The Labute approximate surface area is 235 Å². The Morgan fingerprint density at radius 3 is 2.71 bits per heavy atom. The summed E-state index contributed by atoms with van der Waals surface area (Å²) in [6.07, 6.45) is 2.43. The maximum absolute atomic E-state index is 14.4. The molecule has 1 aliphatic rings. The molecule has 41 heavy (non-hydrogen) atoms. The number of benzene rings is 1. The number of piperidine rings is 1.